The number of hydrogen-bond acceptors (Lipinski definition) is 4. The zero-order chi connectivity index (χ0) is 15.7. The van der Waals surface area contributed by atoms with Gasteiger partial charge in [0, 0.05) is 0 Å². The highest BCUT2D eigenvalue weighted by molar-refractivity contribution is 6.07. The molecule has 1 aromatic rings. The SMILES string of the molecule is O=C(O)c1ccc(CN2C(=O)NC3(CCNCC3)C2=O)cc1. The maximum Gasteiger partial charge on any atom is 0.335 e. The molecule has 22 heavy (non-hydrogen) atoms. The highest BCUT2D eigenvalue weighted by Crippen LogP contribution is 2.28. The molecule has 3 rings (SSSR count). The van der Waals surface area contributed by atoms with Gasteiger partial charge in [0.1, 0.15) is 5.54 Å². The van der Waals surface area contributed by atoms with Gasteiger partial charge < -0.3 is 15.7 Å². The fourth-order valence-electron chi connectivity index (χ4n) is 2.95. The predicted octanol–water partition coefficient (Wildman–Crippen LogP) is 0.559. The van der Waals surface area contributed by atoms with E-state index in [1.807, 2.05) is 0 Å². The van der Waals surface area contributed by atoms with Crippen LogP contribution in [0.5, 0.6) is 0 Å². The molecule has 0 unspecified atom stereocenters. The molecule has 2 aliphatic heterocycles. The number of benzene rings is 1. The summed E-state index contributed by atoms with van der Waals surface area (Å²) in [6, 6.07) is 5.80. The normalized spacial score (nSPS) is 20.3. The fourth-order valence-corrected chi connectivity index (χ4v) is 2.95. The lowest BCUT2D eigenvalue weighted by atomic mass is 9.88. The van der Waals surface area contributed by atoms with E-state index in [2.05, 4.69) is 10.6 Å². The molecule has 0 bridgehead atoms. The van der Waals surface area contributed by atoms with Crippen molar-refractivity contribution in [2.75, 3.05) is 13.1 Å². The quantitative estimate of drug-likeness (QED) is 0.709. The number of carboxylic acid groups (broad SMARTS) is 1. The molecule has 2 fully saturated rings. The van der Waals surface area contributed by atoms with Gasteiger partial charge in [0.05, 0.1) is 12.1 Å². The molecule has 7 heteroatoms. The topological polar surface area (TPSA) is 98.7 Å². The van der Waals surface area contributed by atoms with E-state index in [1.165, 1.54) is 17.0 Å². The van der Waals surface area contributed by atoms with Crippen LogP contribution in [0.2, 0.25) is 0 Å². The number of hydrogen-bond donors (Lipinski definition) is 3. The minimum atomic E-state index is -1.00. The van der Waals surface area contributed by atoms with Crippen molar-refractivity contribution in [1.82, 2.24) is 15.5 Å². The van der Waals surface area contributed by atoms with Crippen molar-refractivity contribution in [1.29, 1.82) is 0 Å². The first-order valence-electron chi connectivity index (χ1n) is 7.19. The van der Waals surface area contributed by atoms with Crippen LogP contribution in [0.1, 0.15) is 28.8 Å². The largest absolute Gasteiger partial charge is 0.478 e. The predicted molar refractivity (Wildman–Crippen MR) is 77.3 cm³/mol. The standard InChI is InChI=1S/C15H17N3O4/c19-12(20)11-3-1-10(2-4-11)9-18-13(21)15(17-14(18)22)5-7-16-8-6-15/h1-4,16H,5-9H2,(H,17,22)(H,19,20). The van der Waals surface area contributed by atoms with Gasteiger partial charge in [0.15, 0.2) is 0 Å². The molecule has 3 amide bonds. The molecule has 0 aliphatic carbocycles. The molecule has 0 saturated carbocycles. The Hall–Kier alpha value is -2.41. The molecule has 2 heterocycles. The summed E-state index contributed by atoms with van der Waals surface area (Å²) in [5, 5.41) is 14.9. The third-order valence-corrected chi connectivity index (χ3v) is 4.24. The molecule has 7 nitrogen and oxygen atoms in total. The van der Waals surface area contributed by atoms with Crippen LogP contribution in [0.4, 0.5) is 4.79 Å². The van der Waals surface area contributed by atoms with Crippen molar-refractivity contribution in [2.45, 2.75) is 24.9 Å². The smallest absolute Gasteiger partial charge is 0.335 e. The van der Waals surface area contributed by atoms with E-state index in [1.54, 1.807) is 12.1 Å². The number of urea groups is 1. The number of carbonyl (C=O) groups is 3. The number of aromatic carboxylic acids is 1. The average Bonchev–Trinajstić information content (AvgIpc) is 2.73. The highest BCUT2D eigenvalue weighted by Gasteiger charge is 2.51. The Morgan fingerprint density at radius 3 is 2.41 bits per heavy atom. The van der Waals surface area contributed by atoms with Crippen LogP contribution in [0.15, 0.2) is 24.3 Å². The Kier molecular flexibility index (Phi) is 3.58. The van der Waals surface area contributed by atoms with Crippen LogP contribution >= 0.6 is 0 Å². The van der Waals surface area contributed by atoms with Crippen LogP contribution in [0, 0.1) is 0 Å². The fraction of sp³-hybridized carbons (Fsp3) is 0.400. The van der Waals surface area contributed by atoms with Gasteiger partial charge >= 0.3 is 12.0 Å². The number of piperidine rings is 1. The van der Waals surface area contributed by atoms with Crippen molar-refractivity contribution >= 4 is 17.9 Å². The van der Waals surface area contributed by atoms with Crippen LogP contribution in [0.3, 0.4) is 0 Å². The van der Waals surface area contributed by atoms with E-state index >= 15 is 0 Å². The van der Waals surface area contributed by atoms with E-state index in [9.17, 15) is 14.4 Å². The maximum absolute atomic E-state index is 12.6. The van der Waals surface area contributed by atoms with Gasteiger partial charge in [0.25, 0.3) is 5.91 Å². The number of rotatable bonds is 3. The lowest BCUT2D eigenvalue weighted by molar-refractivity contribution is -0.132. The van der Waals surface area contributed by atoms with Crippen LogP contribution < -0.4 is 10.6 Å². The molecule has 3 N–H and O–H groups in total. The van der Waals surface area contributed by atoms with Gasteiger partial charge in [0.2, 0.25) is 0 Å². The van der Waals surface area contributed by atoms with Crippen molar-refractivity contribution in [3.63, 3.8) is 0 Å². The Balaban J connectivity index is 1.76. The van der Waals surface area contributed by atoms with Gasteiger partial charge in [-0.25, -0.2) is 9.59 Å². The van der Waals surface area contributed by atoms with Crippen LogP contribution in [-0.4, -0.2) is 46.5 Å². The van der Waals surface area contributed by atoms with Crippen LogP contribution in [-0.2, 0) is 11.3 Å². The Bertz CT molecular complexity index is 620. The van der Waals surface area contributed by atoms with E-state index in [0.717, 1.165) is 5.56 Å². The lowest BCUT2D eigenvalue weighted by Gasteiger charge is -2.31. The first-order valence-corrected chi connectivity index (χ1v) is 7.19. The van der Waals surface area contributed by atoms with Crippen LogP contribution in [0.25, 0.3) is 0 Å². The van der Waals surface area contributed by atoms with Crippen molar-refractivity contribution < 1.29 is 19.5 Å². The second kappa shape index (κ2) is 5.42. The van der Waals surface area contributed by atoms with E-state index in [4.69, 9.17) is 5.11 Å². The van der Waals surface area contributed by atoms with E-state index < -0.39 is 11.5 Å². The second-order valence-electron chi connectivity index (χ2n) is 5.66. The molecule has 2 saturated heterocycles. The van der Waals surface area contributed by atoms with Gasteiger partial charge in [-0.2, -0.15) is 0 Å². The minimum Gasteiger partial charge on any atom is -0.478 e. The zero-order valence-electron chi connectivity index (χ0n) is 12.0. The molecular weight excluding hydrogens is 286 g/mol. The summed E-state index contributed by atoms with van der Waals surface area (Å²) in [6.07, 6.45) is 1.18. The Labute approximate surface area is 127 Å². The van der Waals surface area contributed by atoms with Crippen molar-refractivity contribution in [2.24, 2.45) is 0 Å². The molecule has 0 aromatic heterocycles. The monoisotopic (exact) mass is 303 g/mol. The molecule has 116 valence electrons. The molecular formula is C15H17N3O4. The molecule has 1 aromatic carbocycles. The number of carboxylic acids is 1. The number of carbonyl (C=O) groups excluding carboxylic acids is 2. The first-order chi connectivity index (χ1) is 10.5. The third kappa shape index (κ3) is 2.43. The number of amides is 3. The zero-order valence-corrected chi connectivity index (χ0v) is 12.0. The molecule has 0 radical (unpaired) electrons. The second-order valence-corrected chi connectivity index (χ2v) is 5.66. The number of nitrogens with one attached hydrogen (secondary N) is 2. The van der Waals surface area contributed by atoms with Crippen molar-refractivity contribution in [3.05, 3.63) is 35.4 Å². The van der Waals surface area contributed by atoms with Crippen molar-refractivity contribution in [3.8, 4) is 0 Å². The molecule has 0 atom stereocenters. The van der Waals surface area contributed by atoms with Gasteiger partial charge in [-0.1, -0.05) is 12.1 Å². The summed E-state index contributed by atoms with van der Waals surface area (Å²) < 4.78 is 0. The van der Waals surface area contributed by atoms with Gasteiger partial charge in [-0.15, -0.1) is 0 Å². The summed E-state index contributed by atoms with van der Waals surface area (Å²) in [5.74, 6) is -1.20. The highest BCUT2D eigenvalue weighted by atomic mass is 16.4. The van der Waals surface area contributed by atoms with Gasteiger partial charge in [-0.3, -0.25) is 9.69 Å². The van der Waals surface area contributed by atoms with Gasteiger partial charge in [-0.05, 0) is 43.6 Å². The molecule has 1 spiro atoms. The summed E-state index contributed by atoms with van der Waals surface area (Å²) >= 11 is 0. The minimum absolute atomic E-state index is 0.153. The number of nitrogens with zero attached hydrogens (tertiary/aromatic N) is 1. The lowest BCUT2D eigenvalue weighted by Crippen LogP contribution is -2.53. The average molecular weight is 303 g/mol. The summed E-state index contributed by atoms with van der Waals surface area (Å²) in [4.78, 5) is 36.7. The molecule has 2 aliphatic rings. The Morgan fingerprint density at radius 2 is 1.82 bits per heavy atom. The first kappa shape index (κ1) is 14.5. The summed E-state index contributed by atoms with van der Waals surface area (Å²) in [7, 11) is 0. The Morgan fingerprint density at radius 1 is 1.18 bits per heavy atom. The third-order valence-electron chi connectivity index (χ3n) is 4.24. The van der Waals surface area contributed by atoms with E-state index in [0.29, 0.717) is 25.9 Å². The summed E-state index contributed by atoms with van der Waals surface area (Å²) in [5.41, 5.74) is 0.124. The maximum atomic E-state index is 12.6. The van der Waals surface area contributed by atoms with E-state index in [-0.39, 0.29) is 24.0 Å². The number of imide groups is 1. The summed E-state index contributed by atoms with van der Waals surface area (Å²) in [6.45, 7) is 1.56.